The van der Waals surface area contributed by atoms with Crippen LogP contribution < -0.4 is 5.32 Å². The lowest BCUT2D eigenvalue weighted by molar-refractivity contribution is -0.00734. The van der Waals surface area contributed by atoms with Crippen LogP contribution in [-0.4, -0.2) is 49.9 Å². The van der Waals surface area contributed by atoms with E-state index in [0.29, 0.717) is 26.4 Å². The predicted octanol–water partition coefficient (Wildman–Crippen LogP) is 2.62. The van der Waals surface area contributed by atoms with Gasteiger partial charge in [0.15, 0.2) is 0 Å². The van der Waals surface area contributed by atoms with Gasteiger partial charge in [0.25, 0.3) is 0 Å². The van der Waals surface area contributed by atoms with Gasteiger partial charge in [-0.15, -0.1) is 11.8 Å². The van der Waals surface area contributed by atoms with Crippen molar-refractivity contribution >= 4 is 17.4 Å². The van der Waals surface area contributed by atoms with Crippen LogP contribution in [-0.2, 0) is 9.47 Å². The van der Waals surface area contributed by atoms with Crippen molar-refractivity contribution in [2.24, 2.45) is 0 Å². The van der Waals surface area contributed by atoms with Crippen molar-refractivity contribution in [3.8, 4) is 0 Å². The number of benzene rings is 1. The van der Waals surface area contributed by atoms with Crippen molar-refractivity contribution in [2.75, 3.05) is 37.9 Å². The first-order chi connectivity index (χ1) is 9.61. The molecule has 114 valence electrons. The van der Waals surface area contributed by atoms with E-state index in [4.69, 9.17) is 9.47 Å². The molecule has 4 nitrogen and oxygen atoms in total. The van der Waals surface area contributed by atoms with E-state index in [9.17, 15) is 5.11 Å². The minimum absolute atomic E-state index is 0.217. The molecule has 0 aliphatic carbocycles. The number of aliphatic hydroxyl groups is 1. The third kappa shape index (κ3) is 7.75. The van der Waals surface area contributed by atoms with E-state index in [2.05, 4.69) is 17.4 Å². The third-order valence-electron chi connectivity index (χ3n) is 2.62. The average molecular weight is 299 g/mol. The molecule has 1 unspecified atom stereocenters. The Morgan fingerprint density at radius 2 is 1.90 bits per heavy atom. The van der Waals surface area contributed by atoms with Gasteiger partial charge in [-0.25, -0.2) is 0 Å². The maximum Gasteiger partial charge on any atom is 0.0945 e. The number of aliphatic hydroxyl groups excluding tert-OH is 1. The zero-order valence-electron chi connectivity index (χ0n) is 12.5. The highest BCUT2D eigenvalue weighted by Crippen LogP contribution is 2.17. The molecule has 2 N–H and O–H groups in total. The van der Waals surface area contributed by atoms with Gasteiger partial charge in [0.2, 0.25) is 0 Å². The molecule has 0 aliphatic heterocycles. The first-order valence-electron chi connectivity index (χ1n) is 6.87. The Bertz CT molecular complexity index is 357. The molecule has 0 aromatic heterocycles. The van der Waals surface area contributed by atoms with Crippen LogP contribution in [0.2, 0.25) is 0 Å². The van der Waals surface area contributed by atoms with E-state index in [-0.39, 0.29) is 6.10 Å². The smallest absolute Gasteiger partial charge is 0.0945 e. The summed E-state index contributed by atoms with van der Waals surface area (Å²) < 4.78 is 10.7. The molecule has 1 aromatic carbocycles. The van der Waals surface area contributed by atoms with Gasteiger partial charge < -0.3 is 19.9 Å². The Balaban J connectivity index is 2.11. The molecule has 0 saturated heterocycles. The quantitative estimate of drug-likeness (QED) is 0.514. The van der Waals surface area contributed by atoms with Gasteiger partial charge in [-0.2, -0.15) is 0 Å². The number of nitrogens with one attached hydrogen (secondary N) is 1. The van der Waals surface area contributed by atoms with Crippen LogP contribution in [0.5, 0.6) is 0 Å². The molecule has 0 aliphatic rings. The van der Waals surface area contributed by atoms with Crippen LogP contribution >= 0.6 is 11.8 Å². The summed E-state index contributed by atoms with van der Waals surface area (Å²) in [4.78, 5) is 1.23. The Morgan fingerprint density at radius 1 is 1.20 bits per heavy atom. The number of rotatable bonds is 10. The lowest BCUT2D eigenvalue weighted by Crippen LogP contribution is -2.25. The molecule has 20 heavy (non-hydrogen) atoms. The fraction of sp³-hybridized carbons (Fsp3) is 0.600. The molecule has 5 heteroatoms. The van der Waals surface area contributed by atoms with Gasteiger partial charge in [0, 0.05) is 17.1 Å². The molecular weight excluding hydrogens is 274 g/mol. The van der Waals surface area contributed by atoms with Crippen LogP contribution in [0.25, 0.3) is 0 Å². The standard InChI is InChI=1S/C15H25NO3S/c1-12(2)19-9-8-18-11-14(17)10-16-13-4-6-15(20-3)7-5-13/h4-7,12,14,16-17H,8-11H2,1-3H3. The van der Waals surface area contributed by atoms with E-state index in [1.807, 2.05) is 32.2 Å². The topological polar surface area (TPSA) is 50.7 Å². The normalized spacial score (nSPS) is 12.7. The number of thioether (sulfide) groups is 1. The van der Waals surface area contributed by atoms with Gasteiger partial charge in [-0.1, -0.05) is 0 Å². The Morgan fingerprint density at radius 3 is 2.50 bits per heavy atom. The number of ether oxygens (including phenoxy) is 2. The largest absolute Gasteiger partial charge is 0.389 e. The maximum absolute atomic E-state index is 9.79. The van der Waals surface area contributed by atoms with E-state index in [1.54, 1.807) is 11.8 Å². The summed E-state index contributed by atoms with van der Waals surface area (Å²) in [5, 5.41) is 13.0. The van der Waals surface area contributed by atoms with E-state index < -0.39 is 6.10 Å². The molecule has 1 atom stereocenters. The summed E-state index contributed by atoms with van der Waals surface area (Å²) in [7, 11) is 0. The molecule has 0 spiro atoms. The fourth-order valence-corrected chi connectivity index (χ4v) is 1.97. The minimum atomic E-state index is -0.519. The van der Waals surface area contributed by atoms with Crippen LogP contribution in [0, 0.1) is 0 Å². The predicted molar refractivity (Wildman–Crippen MR) is 84.6 cm³/mol. The maximum atomic E-state index is 9.79. The van der Waals surface area contributed by atoms with Gasteiger partial charge in [0.1, 0.15) is 0 Å². The van der Waals surface area contributed by atoms with Gasteiger partial charge in [-0.3, -0.25) is 0 Å². The summed E-state index contributed by atoms with van der Waals surface area (Å²) in [6.07, 6.45) is 1.75. The van der Waals surface area contributed by atoms with Crippen molar-refractivity contribution in [2.45, 2.75) is 31.0 Å². The second-order valence-corrected chi connectivity index (χ2v) is 5.64. The molecule has 0 bridgehead atoms. The van der Waals surface area contributed by atoms with Crippen LogP contribution in [0.15, 0.2) is 29.2 Å². The van der Waals surface area contributed by atoms with Crippen LogP contribution in [0.3, 0.4) is 0 Å². The monoisotopic (exact) mass is 299 g/mol. The Hall–Kier alpha value is -0.750. The summed E-state index contributed by atoms with van der Waals surface area (Å²) in [6.45, 7) is 5.84. The molecule has 0 heterocycles. The summed E-state index contributed by atoms with van der Waals surface area (Å²) >= 11 is 1.71. The number of hydrogen-bond donors (Lipinski definition) is 2. The Labute approximate surface area is 125 Å². The SMILES string of the molecule is CSc1ccc(NCC(O)COCCOC(C)C)cc1. The Kier molecular flexibility index (Phi) is 8.69. The highest BCUT2D eigenvalue weighted by Gasteiger charge is 2.04. The summed E-state index contributed by atoms with van der Waals surface area (Å²) in [5.74, 6) is 0. The fourth-order valence-electron chi connectivity index (χ4n) is 1.57. The summed E-state index contributed by atoms with van der Waals surface area (Å²) in [6, 6.07) is 8.13. The van der Waals surface area contributed by atoms with Gasteiger partial charge in [0.05, 0.1) is 32.0 Å². The van der Waals surface area contributed by atoms with Gasteiger partial charge >= 0.3 is 0 Å². The molecule has 1 rings (SSSR count). The highest BCUT2D eigenvalue weighted by molar-refractivity contribution is 7.98. The zero-order chi connectivity index (χ0) is 14.8. The first-order valence-corrected chi connectivity index (χ1v) is 8.09. The number of anilines is 1. The second kappa shape index (κ2) is 10.0. The third-order valence-corrected chi connectivity index (χ3v) is 3.36. The van der Waals surface area contributed by atoms with Crippen molar-refractivity contribution in [1.29, 1.82) is 0 Å². The number of hydrogen-bond acceptors (Lipinski definition) is 5. The van der Waals surface area contributed by atoms with E-state index in [1.165, 1.54) is 4.90 Å². The van der Waals surface area contributed by atoms with Crippen molar-refractivity contribution in [1.82, 2.24) is 0 Å². The van der Waals surface area contributed by atoms with E-state index >= 15 is 0 Å². The van der Waals surface area contributed by atoms with Crippen LogP contribution in [0.4, 0.5) is 5.69 Å². The summed E-state index contributed by atoms with van der Waals surface area (Å²) in [5.41, 5.74) is 1.00. The molecule has 0 fully saturated rings. The molecule has 1 aromatic rings. The molecule has 0 amide bonds. The van der Waals surface area contributed by atoms with Crippen molar-refractivity contribution in [3.63, 3.8) is 0 Å². The zero-order valence-corrected chi connectivity index (χ0v) is 13.3. The molecular formula is C15H25NO3S. The lowest BCUT2D eigenvalue weighted by Gasteiger charge is -2.14. The molecule has 0 radical (unpaired) electrons. The van der Waals surface area contributed by atoms with Crippen molar-refractivity contribution in [3.05, 3.63) is 24.3 Å². The van der Waals surface area contributed by atoms with Crippen molar-refractivity contribution < 1.29 is 14.6 Å². The molecule has 0 saturated carbocycles. The van der Waals surface area contributed by atoms with E-state index in [0.717, 1.165) is 5.69 Å². The van der Waals surface area contributed by atoms with Gasteiger partial charge in [-0.05, 0) is 44.4 Å². The lowest BCUT2D eigenvalue weighted by atomic mass is 10.3. The highest BCUT2D eigenvalue weighted by atomic mass is 32.2. The van der Waals surface area contributed by atoms with Crippen LogP contribution in [0.1, 0.15) is 13.8 Å². The first kappa shape index (κ1) is 17.3. The average Bonchev–Trinajstić information content (AvgIpc) is 2.45. The second-order valence-electron chi connectivity index (χ2n) is 4.76. The minimum Gasteiger partial charge on any atom is -0.389 e.